The molecule has 1 aliphatic heterocycles. The Kier molecular flexibility index (Phi) is 4.05. The minimum atomic E-state index is -3.59. The zero-order valence-corrected chi connectivity index (χ0v) is 12.6. The summed E-state index contributed by atoms with van der Waals surface area (Å²) in [6.45, 7) is 1.42. The molecule has 0 spiro atoms. The van der Waals surface area contributed by atoms with Gasteiger partial charge in [0.05, 0.1) is 18.1 Å². The van der Waals surface area contributed by atoms with Crippen LogP contribution in [-0.2, 0) is 10.0 Å². The van der Waals surface area contributed by atoms with E-state index in [0.29, 0.717) is 37.2 Å². The molecule has 0 bridgehead atoms. The molecule has 0 amide bonds. The third-order valence-corrected chi connectivity index (χ3v) is 5.27. The van der Waals surface area contributed by atoms with Crippen LogP contribution in [0, 0.1) is 5.92 Å². The second kappa shape index (κ2) is 5.82. The average Bonchev–Trinajstić information content (AvgIpc) is 3.30. The molecule has 21 heavy (non-hydrogen) atoms. The second-order valence-electron chi connectivity index (χ2n) is 5.46. The van der Waals surface area contributed by atoms with Crippen LogP contribution in [0.15, 0.2) is 23.1 Å². The van der Waals surface area contributed by atoms with Crippen molar-refractivity contribution in [3.05, 3.63) is 18.2 Å². The predicted octanol–water partition coefficient (Wildman–Crippen LogP) is 0.863. The minimum Gasteiger partial charge on any atom is -0.490 e. The highest BCUT2D eigenvalue weighted by molar-refractivity contribution is 7.89. The highest BCUT2D eigenvalue weighted by atomic mass is 32.2. The number of ether oxygens (including phenoxy) is 2. The largest absolute Gasteiger partial charge is 0.490 e. The van der Waals surface area contributed by atoms with E-state index in [1.165, 1.54) is 12.1 Å². The van der Waals surface area contributed by atoms with Crippen LogP contribution >= 0.6 is 0 Å². The van der Waals surface area contributed by atoms with Gasteiger partial charge in [0.1, 0.15) is 0 Å². The summed E-state index contributed by atoms with van der Waals surface area (Å²) >= 11 is 0. The molecule has 0 saturated heterocycles. The molecule has 1 aromatic rings. The first-order valence-electron chi connectivity index (χ1n) is 7.22. The van der Waals surface area contributed by atoms with Crippen LogP contribution in [0.5, 0.6) is 11.5 Å². The standard InChI is InChI=1S/C14H20N2O4S/c15-9-12(10-2-3-10)16-21(17,18)11-4-5-13-14(8-11)20-7-1-6-19-13/h4-5,8,10,12,16H,1-3,6-7,9,15H2. The number of hydrogen-bond donors (Lipinski definition) is 2. The minimum absolute atomic E-state index is 0.186. The first-order valence-corrected chi connectivity index (χ1v) is 8.70. The van der Waals surface area contributed by atoms with Gasteiger partial charge in [-0.3, -0.25) is 0 Å². The van der Waals surface area contributed by atoms with Gasteiger partial charge in [0.25, 0.3) is 0 Å². The van der Waals surface area contributed by atoms with Crippen molar-refractivity contribution in [2.75, 3.05) is 19.8 Å². The van der Waals surface area contributed by atoms with Crippen LogP contribution in [0.3, 0.4) is 0 Å². The highest BCUT2D eigenvalue weighted by Crippen LogP contribution is 2.34. The number of sulfonamides is 1. The number of rotatable bonds is 5. The van der Waals surface area contributed by atoms with E-state index in [4.69, 9.17) is 15.2 Å². The molecular formula is C14H20N2O4S. The molecule has 3 N–H and O–H groups in total. The van der Waals surface area contributed by atoms with Gasteiger partial charge in [-0.1, -0.05) is 0 Å². The molecule has 1 heterocycles. The Bertz CT molecular complexity index is 613. The van der Waals surface area contributed by atoms with Gasteiger partial charge in [0, 0.05) is 25.1 Å². The van der Waals surface area contributed by atoms with E-state index in [1.54, 1.807) is 6.07 Å². The molecule has 1 aromatic carbocycles. The van der Waals surface area contributed by atoms with Gasteiger partial charge in [-0.15, -0.1) is 0 Å². The maximum atomic E-state index is 12.4. The Morgan fingerprint density at radius 2 is 1.95 bits per heavy atom. The molecule has 1 unspecified atom stereocenters. The van der Waals surface area contributed by atoms with E-state index in [-0.39, 0.29) is 10.9 Å². The molecule has 1 saturated carbocycles. The zero-order valence-electron chi connectivity index (χ0n) is 11.7. The summed E-state index contributed by atoms with van der Waals surface area (Å²) < 4.78 is 38.6. The van der Waals surface area contributed by atoms with Gasteiger partial charge in [-0.25, -0.2) is 13.1 Å². The topological polar surface area (TPSA) is 90.7 Å². The summed E-state index contributed by atoms with van der Waals surface area (Å²) in [6.07, 6.45) is 2.85. The van der Waals surface area contributed by atoms with Crippen molar-refractivity contribution in [1.82, 2.24) is 4.72 Å². The van der Waals surface area contributed by atoms with E-state index >= 15 is 0 Å². The smallest absolute Gasteiger partial charge is 0.241 e. The summed E-state index contributed by atoms with van der Waals surface area (Å²) in [7, 11) is -3.59. The fourth-order valence-corrected chi connectivity index (χ4v) is 3.75. The molecule has 1 atom stereocenters. The van der Waals surface area contributed by atoms with Crippen LogP contribution < -0.4 is 19.9 Å². The normalized spacial score (nSPS) is 19.9. The molecule has 3 rings (SSSR count). The van der Waals surface area contributed by atoms with E-state index in [0.717, 1.165) is 19.3 Å². The lowest BCUT2D eigenvalue weighted by Gasteiger charge is -2.17. The monoisotopic (exact) mass is 312 g/mol. The van der Waals surface area contributed by atoms with Crippen molar-refractivity contribution >= 4 is 10.0 Å². The van der Waals surface area contributed by atoms with Gasteiger partial charge >= 0.3 is 0 Å². The fourth-order valence-electron chi connectivity index (χ4n) is 2.41. The van der Waals surface area contributed by atoms with E-state index in [1.807, 2.05) is 0 Å². The predicted molar refractivity (Wildman–Crippen MR) is 77.9 cm³/mol. The molecule has 2 aliphatic rings. The SMILES string of the molecule is NCC(NS(=O)(=O)c1ccc2c(c1)OCCCO2)C1CC1. The quantitative estimate of drug-likeness (QED) is 0.841. The number of nitrogens with two attached hydrogens (primary N) is 1. The first kappa shape index (κ1) is 14.6. The summed E-state index contributed by atoms with van der Waals surface area (Å²) in [4.78, 5) is 0.186. The molecule has 116 valence electrons. The Hall–Kier alpha value is -1.31. The lowest BCUT2D eigenvalue weighted by molar-refractivity contribution is 0.297. The molecule has 1 aliphatic carbocycles. The van der Waals surface area contributed by atoms with Crippen molar-refractivity contribution in [2.45, 2.75) is 30.2 Å². The van der Waals surface area contributed by atoms with Crippen molar-refractivity contribution in [3.63, 3.8) is 0 Å². The third kappa shape index (κ3) is 3.30. The Labute approximate surface area is 124 Å². The van der Waals surface area contributed by atoms with Crippen molar-refractivity contribution in [3.8, 4) is 11.5 Å². The van der Waals surface area contributed by atoms with E-state index in [2.05, 4.69) is 4.72 Å². The van der Waals surface area contributed by atoms with Crippen molar-refractivity contribution in [1.29, 1.82) is 0 Å². The summed E-state index contributed by atoms with van der Waals surface area (Å²) in [5.74, 6) is 1.43. The maximum absolute atomic E-state index is 12.4. The zero-order chi connectivity index (χ0) is 14.9. The Balaban J connectivity index is 1.83. The Morgan fingerprint density at radius 3 is 2.62 bits per heavy atom. The van der Waals surface area contributed by atoms with Crippen molar-refractivity contribution < 1.29 is 17.9 Å². The summed E-state index contributed by atoms with van der Waals surface area (Å²) in [5, 5.41) is 0. The van der Waals surface area contributed by atoms with Crippen LogP contribution in [-0.4, -0.2) is 34.2 Å². The second-order valence-corrected chi connectivity index (χ2v) is 7.17. The number of hydrogen-bond acceptors (Lipinski definition) is 5. The number of nitrogens with one attached hydrogen (secondary N) is 1. The molecule has 0 radical (unpaired) electrons. The van der Waals surface area contributed by atoms with Crippen LogP contribution in [0.1, 0.15) is 19.3 Å². The van der Waals surface area contributed by atoms with E-state index < -0.39 is 10.0 Å². The van der Waals surface area contributed by atoms with Crippen LogP contribution in [0.25, 0.3) is 0 Å². The van der Waals surface area contributed by atoms with Gasteiger partial charge in [-0.2, -0.15) is 0 Å². The van der Waals surface area contributed by atoms with Crippen molar-refractivity contribution in [2.24, 2.45) is 11.7 Å². The molecule has 0 aromatic heterocycles. The van der Waals surface area contributed by atoms with E-state index in [9.17, 15) is 8.42 Å². The average molecular weight is 312 g/mol. The molecule has 6 nitrogen and oxygen atoms in total. The third-order valence-electron chi connectivity index (χ3n) is 3.78. The first-order chi connectivity index (χ1) is 10.1. The van der Waals surface area contributed by atoms with Gasteiger partial charge in [0.2, 0.25) is 10.0 Å². The van der Waals surface area contributed by atoms with Gasteiger partial charge in [0.15, 0.2) is 11.5 Å². The van der Waals surface area contributed by atoms with Gasteiger partial charge < -0.3 is 15.2 Å². The van der Waals surface area contributed by atoms with Crippen LogP contribution in [0.2, 0.25) is 0 Å². The van der Waals surface area contributed by atoms with Gasteiger partial charge in [-0.05, 0) is 30.9 Å². The molecule has 7 heteroatoms. The summed E-state index contributed by atoms with van der Waals surface area (Å²) in [6, 6.07) is 4.51. The summed E-state index contributed by atoms with van der Waals surface area (Å²) in [5.41, 5.74) is 5.66. The lowest BCUT2D eigenvalue weighted by Crippen LogP contribution is -2.41. The lowest BCUT2D eigenvalue weighted by atomic mass is 10.2. The maximum Gasteiger partial charge on any atom is 0.241 e. The fraction of sp³-hybridized carbons (Fsp3) is 0.571. The van der Waals surface area contributed by atoms with Crippen LogP contribution in [0.4, 0.5) is 0 Å². The molecular weight excluding hydrogens is 292 g/mol. The Morgan fingerprint density at radius 1 is 1.24 bits per heavy atom. The molecule has 1 fully saturated rings. The number of fused-ring (bicyclic) bond motifs is 1. The number of benzene rings is 1. The highest BCUT2D eigenvalue weighted by Gasteiger charge is 2.33.